The summed E-state index contributed by atoms with van der Waals surface area (Å²) in [6, 6.07) is 19.9. The lowest BCUT2D eigenvalue weighted by molar-refractivity contribution is -0.852. The maximum atomic E-state index is 12.6. The van der Waals surface area contributed by atoms with Crippen molar-refractivity contribution in [3.8, 4) is 0 Å². The van der Waals surface area contributed by atoms with Gasteiger partial charge in [-0.25, -0.2) is 0 Å². The number of benzene rings is 2. The second-order valence-electron chi connectivity index (χ2n) is 20.5. The number of quaternary nitrogens is 2. The minimum absolute atomic E-state index is 0. The summed E-state index contributed by atoms with van der Waals surface area (Å²) in [4.78, 5) is 50.3. The summed E-state index contributed by atoms with van der Waals surface area (Å²) in [5.41, 5.74) is 2.72. The topological polar surface area (TPSA) is 118 Å². The zero-order chi connectivity index (χ0) is 39.9. The molecule has 11 aliphatic rings. The number of rotatable bonds is 6. The Hall–Kier alpha value is -3.93. The van der Waals surface area contributed by atoms with Gasteiger partial charge in [-0.3, -0.25) is 19.2 Å². The highest BCUT2D eigenvalue weighted by molar-refractivity contribution is 6.71. The number of carbonyl (C=O) groups excluding carboxylic acids is 4. The molecular weight excluding hydrogens is 758 g/mol. The number of hydrogen-bond acceptors (Lipinski definition) is 9. The van der Waals surface area contributed by atoms with Gasteiger partial charge in [0.15, 0.2) is 0 Å². The van der Waals surface area contributed by atoms with Crippen molar-refractivity contribution in [2.24, 2.45) is 46.3 Å². The van der Waals surface area contributed by atoms with Crippen molar-refractivity contribution in [3.63, 3.8) is 0 Å². The highest BCUT2D eigenvalue weighted by Gasteiger charge is 2.80. The molecule has 0 N–H and O–H groups in total. The number of ether oxygens (including phenoxy) is 1. The minimum atomic E-state index is -2.20. The summed E-state index contributed by atoms with van der Waals surface area (Å²) in [6.07, 6.45) is 6.30. The standard InChI is InChI=1S/C22H28BNO5.C22H28BNO4.3CH4/c1-13-16-9-15(22(16,2)3)10-17(13)24-11-18(25)28-23(24,29-19(26)12-24)21-20(27-21)14-7-5-4-6-8-14;1-15-18-11-17(22(18,2)3)12-19(15)24-13-20(25)27-23(24,28-21(26)14-24)10-9-16-7-5-4-6-8-16;;;/h4-8,13,15-17,20-21H,9-12H2,1-3H3;4-10,15,17-19H,11-14H2,1-3H3;3*1H4/b;10-9+;;;/t13-,15+,16-,17-,20+,21-,23?,24?;15-,17+,18-,19-,23?,24?;;;/m11.../s1. The predicted octanol–water partition coefficient (Wildman–Crippen LogP) is 7.69. The SMILES string of the molecule is C.C.C.C[C@@H]1[C@H]2C[C@@H](C[C@H]1[N+]13CC(=O)O[B-]1(/C=C/c1ccccc1)OC(=O)C3)C2(C)C.C[C@@H]1[C@H]2C[C@@H](C[C@H]1[N+]13CC(=O)O[B-]1([C@@H]1O[C@H]1c1ccccc1)OC(=O)C3)C2(C)C. The van der Waals surface area contributed by atoms with E-state index in [9.17, 15) is 19.2 Å². The Labute approximate surface area is 357 Å². The van der Waals surface area contributed by atoms with E-state index >= 15 is 0 Å². The lowest BCUT2D eigenvalue weighted by atomic mass is 9.43. The van der Waals surface area contributed by atoms with Gasteiger partial charge in [0.1, 0.15) is 32.2 Å². The van der Waals surface area contributed by atoms with E-state index in [0.29, 0.717) is 55.1 Å². The average Bonchev–Trinajstić information content (AvgIpc) is 3.68. The second kappa shape index (κ2) is 14.6. The molecule has 13 heteroatoms. The minimum Gasteiger partial charge on any atom is -0.598 e. The van der Waals surface area contributed by atoms with Crippen LogP contribution in [0.1, 0.15) is 107 Å². The summed E-state index contributed by atoms with van der Waals surface area (Å²) >= 11 is 0. The monoisotopic (exact) mass is 827 g/mol. The van der Waals surface area contributed by atoms with Crippen LogP contribution in [0.2, 0.25) is 0 Å². The van der Waals surface area contributed by atoms with Gasteiger partial charge in [0, 0.05) is 11.8 Å². The van der Waals surface area contributed by atoms with Gasteiger partial charge in [-0.05, 0) is 71.3 Å². The van der Waals surface area contributed by atoms with E-state index in [0.717, 1.165) is 24.0 Å². The third-order valence-corrected chi connectivity index (χ3v) is 17.7. The van der Waals surface area contributed by atoms with Gasteiger partial charge in [-0.1, -0.05) is 137 Å². The Morgan fingerprint density at radius 1 is 0.600 bits per heavy atom. The van der Waals surface area contributed by atoms with Gasteiger partial charge >= 0.3 is 37.3 Å². The van der Waals surface area contributed by atoms with Crippen molar-refractivity contribution in [2.75, 3.05) is 26.2 Å². The number of fused-ring (bicyclic) bond motifs is 8. The predicted molar refractivity (Wildman–Crippen MR) is 231 cm³/mol. The average molecular weight is 827 g/mol. The molecule has 2 aromatic carbocycles. The third kappa shape index (κ3) is 5.94. The first kappa shape index (κ1) is 44.1. The molecule has 6 aliphatic carbocycles. The molecule has 0 unspecified atom stereocenters. The summed E-state index contributed by atoms with van der Waals surface area (Å²) < 4.78 is 30.3. The molecule has 0 radical (unpaired) electrons. The molecule has 4 bridgehead atoms. The quantitative estimate of drug-likeness (QED) is 0.214. The van der Waals surface area contributed by atoms with Crippen LogP contribution >= 0.6 is 0 Å². The van der Waals surface area contributed by atoms with Gasteiger partial charge < -0.3 is 32.1 Å². The van der Waals surface area contributed by atoms with Crippen LogP contribution in [0, 0.1) is 46.3 Å². The van der Waals surface area contributed by atoms with Gasteiger partial charge in [0.05, 0.1) is 18.2 Å². The Morgan fingerprint density at radius 3 is 1.50 bits per heavy atom. The molecule has 0 amide bonds. The molecular formula is C47H68B2N2O9. The van der Waals surface area contributed by atoms with Crippen LogP contribution in [-0.4, -0.2) is 90.3 Å². The van der Waals surface area contributed by atoms with Crippen molar-refractivity contribution < 1.29 is 51.3 Å². The van der Waals surface area contributed by atoms with Crippen LogP contribution in [0.5, 0.6) is 0 Å². The second-order valence-corrected chi connectivity index (χ2v) is 20.5. The fraction of sp³-hybridized carbons (Fsp3) is 0.617. The number of hydrogen-bond donors (Lipinski definition) is 0. The molecule has 5 heterocycles. The summed E-state index contributed by atoms with van der Waals surface area (Å²) in [5.74, 6) is 4.19. The Kier molecular flexibility index (Phi) is 10.7. The van der Waals surface area contributed by atoms with E-state index in [4.69, 9.17) is 23.4 Å². The highest BCUT2D eigenvalue weighted by Crippen LogP contribution is 2.66. The third-order valence-electron chi connectivity index (χ3n) is 17.7. The summed E-state index contributed by atoms with van der Waals surface area (Å²) in [5, 5.41) is 0. The van der Waals surface area contributed by atoms with Crippen LogP contribution in [0.4, 0.5) is 0 Å². The van der Waals surface area contributed by atoms with Crippen molar-refractivity contribution in [1.82, 2.24) is 0 Å². The van der Waals surface area contributed by atoms with Gasteiger partial charge in [-0.15, -0.1) is 0 Å². The first-order chi connectivity index (χ1) is 27.1. The molecule has 11 nitrogen and oxygen atoms in total. The van der Waals surface area contributed by atoms with Crippen molar-refractivity contribution in [2.45, 2.75) is 114 Å². The van der Waals surface area contributed by atoms with E-state index in [1.165, 1.54) is 12.8 Å². The van der Waals surface area contributed by atoms with Gasteiger partial charge in [0.2, 0.25) is 0 Å². The molecule has 2 aromatic rings. The zero-order valence-electron chi connectivity index (χ0n) is 34.1. The Bertz CT molecular complexity index is 2020. The normalized spacial score (nSPS) is 44.0. The number of epoxide rings is 1. The van der Waals surface area contributed by atoms with Gasteiger partial charge in [0.25, 0.3) is 0 Å². The summed E-state index contributed by atoms with van der Waals surface area (Å²) in [6.45, 7) is 10.6. The lowest BCUT2D eigenvalue weighted by Crippen LogP contribution is -2.75. The zero-order valence-corrected chi connectivity index (χ0v) is 34.1. The van der Waals surface area contributed by atoms with E-state index in [1.807, 2.05) is 72.7 Å². The van der Waals surface area contributed by atoms with E-state index in [2.05, 4.69) is 41.5 Å². The molecule has 326 valence electrons. The smallest absolute Gasteiger partial charge is 0.598 e. The molecule has 60 heavy (non-hydrogen) atoms. The van der Waals surface area contributed by atoms with Crippen molar-refractivity contribution in [1.29, 1.82) is 0 Å². The van der Waals surface area contributed by atoms with Crippen molar-refractivity contribution >= 4 is 43.3 Å². The number of carbonyl (C=O) groups is 4. The van der Waals surface area contributed by atoms with Crippen LogP contribution in [-0.2, 0) is 42.5 Å². The van der Waals surface area contributed by atoms with Crippen LogP contribution in [0.3, 0.4) is 0 Å². The number of nitrogens with zero attached hydrogens (tertiary/aromatic N) is 2. The van der Waals surface area contributed by atoms with E-state index in [-0.39, 0.29) is 96.5 Å². The molecule has 6 saturated carbocycles. The fourth-order valence-corrected chi connectivity index (χ4v) is 14.4. The summed E-state index contributed by atoms with van der Waals surface area (Å²) in [7, 11) is 0. The molecule has 11 fully saturated rings. The molecule has 13 rings (SSSR count). The maximum absolute atomic E-state index is 12.6. The van der Waals surface area contributed by atoms with Crippen LogP contribution < -0.4 is 0 Å². The molecule has 5 saturated heterocycles. The fourth-order valence-electron chi connectivity index (χ4n) is 14.4. The molecule has 0 spiro atoms. The van der Waals surface area contributed by atoms with E-state index < -0.39 is 13.4 Å². The molecule has 0 aromatic heterocycles. The lowest BCUT2D eigenvalue weighted by Gasteiger charge is -2.66. The van der Waals surface area contributed by atoms with Crippen LogP contribution in [0.25, 0.3) is 6.08 Å². The highest BCUT2D eigenvalue weighted by atomic mass is 16.7. The Morgan fingerprint density at radius 2 is 1.03 bits per heavy atom. The van der Waals surface area contributed by atoms with Crippen LogP contribution in [0.15, 0.2) is 66.6 Å². The first-order valence-electron chi connectivity index (χ1n) is 21.4. The van der Waals surface area contributed by atoms with Gasteiger partial charge in [-0.2, -0.15) is 0 Å². The maximum Gasteiger partial charge on any atom is 0.615 e. The molecule has 5 aliphatic heterocycles. The Balaban J connectivity index is 0.000000173. The van der Waals surface area contributed by atoms with Crippen molar-refractivity contribution in [3.05, 3.63) is 77.8 Å². The molecule has 10 atom stereocenters. The largest absolute Gasteiger partial charge is 0.615 e. The van der Waals surface area contributed by atoms with E-state index in [1.54, 1.807) is 0 Å². The first-order valence-corrected chi connectivity index (χ1v) is 21.4.